The maximum Gasteiger partial charge on any atom is 0.312 e. The molecule has 4 heteroatoms. The molecule has 17 heavy (non-hydrogen) atoms. The molecule has 0 N–H and O–H groups in total. The van der Waals surface area contributed by atoms with Crippen LogP contribution in [0.15, 0.2) is 25.3 Å². The Hall–Kier alpha value is -1.58. The van der Waals surface area contributed by atoms with Crippen LogP contribution >= 0.6 is 0 Å². The lowest BCUT2D eigenvalue weighted by Gasteiger charge is -2.28. The number of nitrogens with zero attached hydrogens (tertiary/aromatic N) is 2. The van der Waals surface area contributed by atoms with Gasteiger partial charge in [-0.1, -0.05) is 12.2 Å². The third-order valence-electron chi connectivity index (χ3n) is 2.81. The lowest BCUT2D eigenvalue weighted by molar-refractivity contribution is -0.151. The molecule has 1 aliphatic rings. The smallest absolute Gasteiger partial charge is 0.312 e. The summed E-state index contributed by atoms with van der Waals surface area (Å²) in [7, 11) is 0. The van der Waals surface area contributed by atoms with Gasteiger partial charge in [0, 0.05) is 26.2 Å². The van der Waals surface area contributed by atoms with Crippen LogP contribution in [0.25, 0.3) is 0 Å². The molecule has 0 aromatic heterocycles. The Morgan fingerprint density at radius 2 is 1.59 bits per heavy atom. The van der Waals surface area contributed by atoms with Crippen LogP contribution in [0.4, 0.5) is 0 Å². The molecule has 4 nitrogen and oxygen atoms in total. The highest BCUT2D eigenvalue weighted by Crippen LogP contribution is 2.09. The summed E-state index contributed by atoms with van der Waals surface area (Å²) < 4.78 is 0. The molecule has 0 saturated carbocycles. The summed E-state index contributed by atoms with van der Waals surface area (Å²) in [5.41, 5.74) is 0. The molecular formula is C13H20N2O2. The van der Waals surface area contributed by atoms with Crippen molar-refractivity contribution in [2.75, 3.05) is 26.2 Å². The Balaban J connectivity index is 2.61. The van der Waals surface area contributed by atoms with Gasteiger partial charge in [0.05, 0.1) is 0 Å². The minimum atomic E-state index is -0.452. The normalized spacial score (nSPS) is 15.2. The van der Waals surface area contributed by atoms with Crippen molar-refractivity contribution >= 4 is 11.8 Å². The summed E-state index contributed by atoms with van der Waals surface area (Å²) >= 11 is 0. The lowest BCUT2D eigenvalue weighted by Crippen LogP contribution is -2.47. The van der Waals surface area contributed by atoms with Crippen LogP contribution in [0.1, 0.15) is 19.3 Å². The van der Waals surface area contributed by atoms with Gasteiger partial charge in [0.1, 0.15) is 0 Å². The largest absolute Gasteiger partial charge is 0.334 e. The first-order valence-corrected chi connectivity index (χ1v) is 6.00. The van der Waals surface area contributed by atoms with E-state index in [0.717, 1.165) is 19.3 Å². The minimum absolute atomic E-state index is 0.379. The topological polar surface area (TPSA) is 40.6 Å². The average Bonchev–Trinajstić information content (AvgIpc) is 2.38. The molecule has 0 atom stereocenters. The third kappa shape index (κ3) is 3.73. The summed E-state index contributed by atoms with van der Waals surface area (Å²) in [5, 5.41) is 0. The van der Waals surface area contributed by atoms with E-state index in [9.17, 15) is 9.59 Å². The highest BCUT2D eigenvalue weighted by atomic mass is 16.2. The van der Waals surface area contributed by atoms with Gasteiger partial charge >= 0.3 is 11.8 Å². The van der Waals surface area contributed by atoms with Gasteiger partial charge in [-0.2, -0.15) is 0 Å². The Morgan fingerprint density at radius 1 is 1.06 bits per heavy atom. The van der Waals surface area contributed by atoms with Gasteiger partial charge in [0.25, 0.3) is 0 Å². The number of piperidine rings is 1. The maximum atomic E-state index is 12.0. The Bertz CT molecular complexity index is 297. The molecule has 0 radical (unpaired) electrons. The second-order valence-electron chi connectivity index (χ2n) is 4.14. The molecule has 1 aliphatic heterocycles. The Morgan fingerprint density at radius 3 is 2.06 bits per heavy atom. The number of likely N-dealkylation sites (tertiary alicyclic amines) is 1. The third-order valence-corrected chi connectivity index (χ3v) is 2.81. The van der Waals surface area contributed by atoms with E-state index in [1.165, 1.54) is 4.90 Å². The van der Waals surface area contributed by atoms with Crippen molar-refractivity contribution in [1.82, 2.24) is 9.80 Å². The molecule has 1 heterocycles. The number of amides is 2. The van der Waals surface area contributed by atoms with Gasteiger partial charge in [-0.15, -0.1) is 13.2 Å². The first-order chi connectivity index (χ1) is 8.20. The van der Waals surface area contributed by atoms with Crippen molar-refractivity contribution in [2.24, 2.45) is 0 Å². The van der Waals surface area contributed by atoms with Crippen LogP contribution in [0, 0.1) is 0 Å². The van der Waals surface area contributed by atoms with Gasteiger partial charge in [-0.3, -0.25) is 9.59 Å². The summed E-state index contributed by atoms with van der Waals surface area (Å²) in [6.07, 6.45) is 6.35. The zero-order valence-corrected chi connectivity index (χ0v) is 10.2. The van der Waals surface area contributed by atoms with Crippen LogP contribution in [-0.2, 0) is 9.59 Å². The first kappa shape index (κ1) is 13.5. The number of hydrogen-bond donors (Lipinski definition) is 0. The molecule has 1 saturated heterocycles. The zero-order chi connectivity index (χ0) is 12.7. The summed E-state index contributed by atoms with van der Waals surface area (Å²) in [6.45, 7) is 9.32. The SMILES string of the molecule is C=CCN(CC=C)C(=O)C(=O)N1CCCCC1. The summed E-state index contributed by atoms with van der Waals surface area (Å²) in [5.74, 6) is -0.847. The fraction of sp³-hybridized carbons (Fsp3) is 0.538. The minimum Gasteiger partial charge on any atom is -0.334 e. The molecule has 1 rings (SSSR count). The first-order valence-electron chi connectivity index (χ1n) is 6.00. The fourth-order valence-electron chi connectivity index (χ4n) is 1.92. The molecule has 1 fully saturated rings. The van der Waals surface area contributed by atoms with E-state index in [2.05, 4.69) is 13.2 Å². The van der Waals surface area contributed by atoms with E-state index in [-0.39, 0.29) is 0 Å². The van der Waals surface area contributed by atoms with Gasteiger partial charge in [0.2, 0.25) is 0 Å². The molecule has 2 amide bonds. The van der Waals surface area contributed by atoms with Gasteiger partial charge < -0.3 is 9.80 Å². The zero-order valence-electron chi connectivity index (χ0n) is 10.2. The van der Waals surface area contributed by atoms with Crippen molar-refractivity contribution in [3.05, 3.63) is 25.3 Å². The van der Waals surface area contributed by atoms with Crippen LogP contribution in [0.3, 0.4) is 0 Å². The van der Waals surface area contributed by atoms with Crippen molar-refractivity contribution in [3.8, 4) is 0 Å². The van der Waals surface area contributed by atoms with Crippen LogP contribution in [0.5, 0.6) is 0 Å². The Labute approximate surface area is 103 Å². The van der Waals surface area contributed by atoms with Crippen LogP contribution in [0.2, 0.25) is 0 Å². The molecule has 0 aromatic carbocycles. The molecule has 0 unspecified atom stereocenters. The molecule has 0 aromatic rings. The molecule has 0 spiro atoms. The van der Waals surface area contributed by atoms with Crippen molar-refractivity contribution in [1.29, 1.82) is 0 Å². The van der Waals surface area contributed by atoms with E-state index in [0.29, 0.717) is 26.2 Å². The predicted molar refractivity (Wildman–Crippen MR) is 67.4 cm³/mol. The van der Waals surface area contributed by atoms with E-state index in [4.69, 9.17) is 0 Å². The Kier molecular flexibility index (Phi) is 5.46. The van der Waals surface area contributed by atoms with Crippen molar-refractivity contribution < 1.29 is 9.59 Å². The molecule has 94 valence electrons. The highest BCUT2D eigenvalue weighted by molar-refractivity contribution is 6.34. The molecule has 0 bridgehead atoms. The quantitative estimate of drug-likeness (QED) is 0.543. The monoisotopic (exact) mass is 236 g/mol. The second kappa shape index (κ2) is 6.89. The summed E-state index contributed by atoms with van der Waals surface area (Å²) in [6, 6.07) is 0. The number of rotatable bonds is 4. The van der Waals surface area contributed by atoms with E-state index in [1.807, 2.05) is 0 Å². The van der Waals surface area contributed by atoms with Crippen molar-refractivity contribution in [3.63, 3.8) is 0 Å². The average molecular weight is 236 g/mol. The molecular weight excluding hydrogens is 216 g/mol. The lowest BCUT2D eigenvalue weighted by atomic mass is 10.1. The summed E-state index contributed by atoms with van der Waals surface area (Å²) in [4.78, 5) is 27.0. The van der Waals surface area contributed by atoms with Gasteiger partial charge in [-0.05, 0) is 19.3 Å². The highest BCUT2D eigenvalue weighted by Gasteiger charge is 2.26. The van der Waals surface area contributed by atoms with E-state index >= 15 is 0 Å². The van der Waals surface area contributed by atoms with E-state index in [1.54, 1.807) is 17.1 Å². The number of carbonyl (C=O) groups is 2. The predicted octanol–water partition coefficient (Wildman–Crippen LogP) is 1.20. The number of hydrogen-bond acceptors (Lipinski definition) is 2. The fourth-order valence-corrected chi connectivity index (χ4v) is 1.92. The second-order valence-corrected chi connectivity index (χ2v) is 4.14. The van der Waals surface area contributed by atoms with Crippen LogP contribution in [-0.4, -0.2) is 47.8 Å². The van der Waals surface area contributed by atoms with Gasteiger partial charge in [0.15, 0.2) is 0 Å². The number of carbonyl (C=O) groups excluding carboxylic acids is 2. The van der Waals surface area contributed by atoms with E-state index < -0.39 is 11.8 Å². The standard InChI is InChI=1S/C13H20N2O2/c1-3-8-14(9-4-2)12(16)13(17)15-10-6-5-7-11-15/h3-4H,1-2,5-11H2. The van der Waals surface area contributed by atoms with Gasteiger partial charge in [-0.25, -0.2) is 0 Å². The maximum absolute atomic E-state index is 12.0. The van der Waals surface area contributed by atoms with Crippen molar-refractivity contribution in [2.45, 2.75) is 19.3 Å². The molecule has 0 aliphatic carbocycles. The van der Waals surface area contributed by atoms with Crippen LogP contribution < -0.4 is 0 Å².